The van der Waals surface area contributed by atoms with E-state index in [0.29, 0.717) is 29.0 Å². The van der Waals surface area contributed by atoms with Crippen molar-refractivity contribution in [2.75, 3.05) is 11.9 Å². The first kappa shape index (κ1) is 15.8. The maximum Gasteiger partial charge on any atom is 0.322 e. The van der Waals surface area contributed by atoms with Gasteiger partial charge in [-0.2, -0.15) is 4.98 Å². The molecule has 0 aliphatic carbocycles. The summed E-state index contributed by atoms with van der Waals surface area (Å²) in [5.41, 5.74) is 0.603. The highest BCUT2D eigenvalue weighted by Crippen LogP contribution is 2.30. The maximum atomic E-state index is 12.7. The highest BCUT2D eigenvalue weighted by Gasteiger charge is 2.30. The molecular formula is C16H19ClN4O2. The van der Waals surface area contributed by atoms with Crippen LogP contribution in [-0.2, 0) is 0 Å². The molecule has 1 aromatic heterocycles. The van der Waals surface area contributed by atoms with Gasteiger partial charge in [0, 0.05) is 13.5 Å². The molecule has 0 unspecified atom stereocenters. The second kappa shape index (κ2) is 7.00. The number of nitrogens with zero attached hydrogens (tertiary/aromatic N) is 3. The Kier molecular flexibility index (Phi) is 4.81. The Morgan fingerprint density at radius 1 is 1.35 bits per heavy atom. The average molecular weight is 335 g/mol. The third kappa shape index (κ3) is 3.64. The van der Waals surface area contributed by atoms with Crippen LogP contribution >= 0.6 is 11.6 Å². The number of aryl methyl sites for hydroxylation is 1. The van der Waals surface area contributed by atoms with Gasteiger partial charge in [0.2, 0.25) is 5.89 Å². The molecule has 122 valence electrons. The van der Waals surface area contributed by atoms with E-state index in [2.05, 4.69) is 15.5 Å². The van der Waals surface area contributed by atoms with E-state index in [0.717, 1.165) is 25.7 Å². The zero-order chi connectivity index (χ0) is 16.2. The van der Waals surface area contributed by atoms with Gasteiger partial charge >= 0.3 is 6.03 Å². The quantitative estimate of drug-likeness (QED) is 0.894. The molecule has 0 saturated carbocycles. The number of nitrogens with one attached hydrogen (secondary N) is 1. The van der Waals surface area contributed by atoms with Crippen molar-refractivity contribution < 1.29 is 9.32 Å². The first-order valence-corrected chi connectivity index (χ1v) is 8.15. The number of hydrogen-bond donors (Lipinski definition) is 1. The molecule has 1 saturated heterocycles. The number of para-hydroxylation sites is 1. The lowest BCUT2D eigenvalue weighted by Gasteiger charge is -2.28. The highest BCUT2D eigenvalue weighted by molar-refractivity contribution is 6.33. The van der Waals surface area contributed by atoms with Crippen molar-refractivity contribution in [1.29, 1.82) is 0 Å². The first-order chi connectivity index (χ1) is 11.1. The van der Waals surface area contributed by atoms with E-state index in [-0.39, 0.29) is 12.1 Å². The fraction of sp³-hybridized carbons (Fsp3) is 0.438. The fourth-order valence-electron chi connectivity index (χ4n) is 2.82. The van der Waals surface area contributed by atoms with Crippen molar-refractivity contribution in [3.8, 4) is 0 Å². The van der Waals surface area contributed by atoms with Gasteiger partial charge in [0.25, 0.3) is 0 Å². The lowest BCUT2D eigenvalue weighted by atomic mass is 10.1. The summed E-state index contributed by atoms with van der Waals surface area (Å²) in [5, 5.41) is 7.40. The molecule has 3 rings (SSSR count). The summed E-state index contributed by atoms with van der Waals surface area (Å²) in [5.74, 6) is 1.08. The summed E-state index contributed by atoms with van der Waals surface area (Å²) in [6, 6.07) is 6.84. The Hall–Kier alpha value is -2.08. The maximum absolute atomic E-state index is 12.7. The van der Waals surface area contributed by atoms with Crippen LogP contribution < -0.4 is 5.32 Å². The highest BCUT2D eigenvalue weighted by atomic mass is 35.5. The van der Waals surface area contributed by atoms with Crippen LogP contribution in [0.5, 0.6) is 0 Å². The smallest absolute Gasteiger partial charge is 0.322 e. The van der Waals surface area contributed by atoms with Crippen molar-refractivity contribution in [3.63, 3.8) is 0 Å². The van der Waals surface area contributed by atoms with Gasteiger partial charge in [-0.25, -0.2) is 4.79 Å². The first-order valence-electron chi connectivity index (χ1n) is 7.77. The summed E-state index contributed by atoms with van der Waals surface area (Å²) in [6.45, 7) is 2.41. The van der Waals surface area contributed by atoms with Gasteiger partial charge in [0.05, 0.1) is 16.8 Å². The van der Waals surface area contributed by atoms with Gasteiger partial charge in [-0.3, -0.25) is 0 Å². The van der Waals surface area contributed by atoms with Gasteiger partial charge in [0.15, 0.2) is 5.82 Å². The van der Waals surface area contributed by atoms with Crippen LogP contribution in [0.15, 0.2) is 28.8 Å². The number of amides is 2. The summed E-state index contributed by atoms with van der Waals surface area (Å²) in [4.78, 5) is 18.8. The Morgan fingerprint density at radius 2 is 2.17 bits per heavy atom. The van der Waals surface area contributed by atoms with Gasteiger partial charge in [-0.05, 0) is 25.0 Å². The topological polar surface area (TPSA) is 71.3 Å². The van der Waals surface area contributed by atoms with Gasteiger partial charge in [-0.1, -0.05) is 41.7 Å². The summed E-state index contributed by atoms with van der Waals surface area (Å²) in [6.07, 6.45) is 3.91. The number of carbonyl (C=O) groups is 1. The SMILES string of the molecule is Cc1nc([C@@H]2CCCCCN2C(=O)Nc2ccccc2Cl)no1. The van der Waals surface area contributed by atoms with Crippen molar-refractivity contribution >= 4 is 23.3 Å². The van der Waals surface area contributed by atoms with E-state index in [9.17, 15) is 4.79 Å². The van der Waals surface area contributed by atoms with Crippen molar-refractivity contribution in [1.82, 2.24) is 15.0 Å². The summed E-state index contributed by atoms with van der Waals surface area (Å²) >= 11 is 6.12. The third-order valence-electron chi connectivity index (χ3n) is 3.97. The molecule has 1 fully saturated rings. The number of hydrogen-bond acceptors (Lipinski definition) is 4. The number of carbonyl (C=O) groups excluding carboxylic acids is 1. The number of rotatable bonds is 2. The van der Waals surface area contributed by atoms with E-state index in [1.807, 2.05) is 12.1 Å². The zero-order valence-corrected chi connectivity index (χ0v) is 13.7. The third-order valence-corrected chi connectivity index (χ3v) is 4.30. The molecule has 1 atom stereocenters. The van der Waals surface area contributed by atoms with Crippen LogP contribution in [0.3, 0.4) is 0 Å². The molecule has 0 bridgehead atoms. The van der Waals surface area contributed by atoms with Gasteiger partial charge < -0.3 is 14.7 Å². The number of anilines is 1. The van der Waals surface area contributed by atoms with Gasteiger partial charge in [-0.15, -0.1) is 0 Å². The number of aromatic nitrogens is 2. The standard InChI is InChI=1S/C16H19ClN4O2/c1-11-18-15(20-23-11)14-9-3-2-6-10-21(14)16(22)19-13-8-5-4-7-12(13)17/h4-5,7-8,14H,2-3,6,9-10H2,1H3,(H,19,22)/t14-/m0/s1. The predicted molar refractivity (Wildman–Crippen MR) is 87.4 cm³/mol. The molecule has 1 aliphatic rings. The molecule has 1 N–H and O–H groups in total. The summed E-state index contributed by atoms with van der Waals surface area (Å²) in [7, 11) is 0. The van der Waals surface area contributed by atoms with Crippen LogP contribution in [0.25, 0.3) is 0 Å². The molecule has 0 radical (unpaired) electrons. The number of benzene rings is 1. The molecule has 6 nitrogen and oxygen atoms in total. The molecule has 1 aromatic carbocycles. The lowest BCUT2D eigenvalue weighted by molar-refractivity contribution is 0.185. The monoisotopic (exact) mass is 334 g/mol. The minimum atomic E-state index is -0.188. The second-order valence-electron chi connectivity index (χ2n) is 5.64. The Bertz CT molecular complexity index is 688. The van der Waals surface area contributed by atoms with Crippen LogP contribution in [0.1, 0.15) is 43.4 Å². The number of likely N-dealkylation sites (tertiary alicyclic amines) is 1. The largest absolute Gasteiger partial charge is 0.340 e. The average Bonchev–Trinajstić information content (AvgIpc) is 2.82. The molecule has 7 heteroatoms. The Morgan fingerprint density at radius 3 is 2.91 bits per heavy atom. The van der Waals surface area contributed by atoms with E-state index in [1.165, 1.54) is 0 Å². The minimum absolute atomic E-state index is 0.169. The molecule has 0 spiro atoms. The lowest BCUT2D eigenvalue weighted by Crippen LogP contribution is -2.38. The van der Waals surface area contributed by atoms with E-state index in [4.69, 9.17) is 16.1 Å². The van der Waals surface area contributed by atoms with Crippen LogP contribution in [0, 0.1) is 6.92 Å². The Labute approximate surface area is 139 Å². The van der Waals surface area contributed by atoms with E-state index in [1.54, 1.807) is 24.0 Å². The van der Waals surface area contributed by atoms with Crippen LogP contribution in [0.2, 0.25) is 5.02 Å². The molecule has 2 amide bonds. The predicted octanol–water partition coefficient (Wildman–Crippen LogP) is 4.18. The molecule has 1 aliphatic heterocycles. The molecular weight excluding hydrogens is 316 g/mol. The number of urea groups is 1. The Balaban J connectivity index is 1.81. The van der Waals surface area contributed by atoms with Crippen molar-refractivity contribution in [3.05, 3.63) is 41.0 Å². The van der Waals surface area contributed by atoms with Crippen LogP contribution in [-0.4, -0.2) is 27.6 Å². The summed E-state index contributed by atoms with van der Waals surface area (Å²) < 4.78 is 5.08. The normalized spacial score (nSPS) is 18.5. The fourth-order valence-corrected chi connectivity index (χ4v) is 3.00. The molecule has 23 heavy (non-hydrogen) atoms. The van der Waals surface area contributed by atoms with E-state index < -0.39 is 0 Å². The van der Waals surface area contributed by atoms with Crippen molar-refractivity contribution in [2.24, 2.45) is 0 Å². The zero-order valence-electron chi connectivity index (χ0n) is 13.0. The minimum Gasteiger partial charge on any atom is -0.340 e. The second-order valence-corrected chi connectivity index (χ2v) is 6.05. The molecule has 2 aromatic rings. The van der Waals surface area contributed by atoms with Gasteiger partial charge in [0.1, 0.15) is 0 Å². The molecule has 2 heterocycles. The van der Waals surface area contributed by atoms with Crippen LogP contribution in [0.4, 0.5) is 10.5 Å². The van der Waals surface area contributed by atoms with E-state index >= 15 is 0 Å². The van der Waals surface area contributed by atoms with Crippen molar-refractivity contribution in [2.45, 2.75) is 38.6 Å². The number of halogens is 1.